The van der Waals surface area contributed by atoms with E-state index in [-0.39, 0.29) is 11.1 Å². The Hall–Kier alpha value is -2.21. The van der Waals surface area contributed by atoms with Crippen molar-refractivity contribution in [2.24, 2.45) is 0 Å². The predicted molar refractivity (Wildman–Crippen MR) is 80.2 cm³/mol. The molecule has 0 spiro atoms. The minimum atomic E-state index is -1.06. The molecule has 0 bridgehead atoms. The number of carbonyl (C=O) groups excluding carboxylic acids is 1. The van der Waals surface area contributed by atoms with Crippen LogP contribution in [0.5, 0.6) is 0 Å². The van der Waals surface area contributed by atoms with Gasteiger partial charge in [0.05, 0.1) is 11.3 Å². The second kappa shape index (κ2) is 6.05. The third-order valence-corrected chi connectivity index (χ3v) is 3.56. The van der Waals surface area contributed by atoms with E-state index in [0.29, 0.717) is 15.7 Å². The molecule has 0 atom stereocenters. The Morgan fingerprint density at radius 1 is 1.19 bits per heavy atom. The number of aromatic carboxylic acids is 1. The van der Waals surface area contributed by atoms with Crippen molar-refractivity contribution in [2.45, 2.75) is 6.92 Å². The van der Waals surface area contributed by atoms with Crippen LogP contribution in [0.2, 0.25) is 0 Å². The first-order chi connectivity index (χ1) is 9.88. The van der Waals surface area contributed by atoms with E-state index in [9.17, 15) is 14.0 Å². The number of carboxylic acids is 1. The molecule has 0 unspecified atom stereocenters. The summed E-state index contributed by atoms with van der Waals surface area (Å²) in [6.07, 6.45) is 0. The quantitative estimate of drug-likeness (QED) is 0.882. The molecule has 1 amide bonds. The fourth-order valence-corrected chi connectivity index (χ4v) is 2.26. The Morgan fingerprint density at radius 3 is 2.52 bits per heavy atom. The van der Waals surface area contributed by atoms with Gasteiger partial charge in [0.2, 0.25) is 0 Å². The summed E-state index contributed by atoms with van der Waals surface area (Å²) in [4.78, 5) is 23.0. The molecule has 2 N–H and O–H groups in total. The highest BCUT2D eigenvalue weighted by atomic mass is 79.9. The molecule has 4 nitrogen and oxygen atoms in total. The SMILES string of the molecule is Cc1ccc(F)cc1C(=O)Nc1ccc(C(=O)O)cc1Br. The summed E-state index contributed by atoms with van der Waals surface area (Å²) < 4.78 is 13.6. The summed E-state index contributed by atoms with van der Waals surface area (Å²) >= 11 is 3.20. The molecule has 2 rings (SSSR count). The van der Waals surface area contributed by atoms with Gasteiger partial charge in [0.25, 0.3) is 5.91 Å². The van der Waals surface area contributed by atoms with Gasteiger partial charge in [0.15, 0.2) is 0 Å². The zero-order valence-electron chi connectivity index (χ0n) is 11.0. The molecule has 0 heterocycles. The van der Waals surface area contributed by atoms with Gasteiger partial charge in [-0.15, -0.1) is 0 Å². The van der Waals surface area contributed by atoms with E-state index in [0.717, 1.165) is 6.07 Å². The summed E-state index contributed by atoms with van der Waals surface area (Å²) in [6.45, 7) is 1.71. The monoisotopic (exact) mass is 351 g/mol. The van der Waals surface area contributed by atoms with Gasteiger partial charge in [-0.05, 0) is 58.7 Å². The maximum atomic E-state index is 13.2. The lowest BCUT2D eigenvalue weighted by atomic mass is 10.1. The fraction of sp³-hybridized carbons (Fsp3) is 0.0667. The first-order valence-corrected chi connectivity index (χ1v) is 6.78. The van der Waals surface area contributed by atoms with Crippen molar-refractivity contribution in [3.8, 4) is 0 Å². The Balaban J connectivity index is 2.27. The largest absolute Gasteiger partial charge is 0.478 e. The minimum absolute atomic E-state index is 0.0989. The van der Waals surface area contributed by atoms with Crippen molar-refractivity contribution in [1.82, 2.24) is 0 Å². The minimum Gasteiger partial charge on any atom is -0.478 e. The number of aryl methyl sites for hydroxylation is 1. The lowest BCUT2D eigenvalue weighted by Gasteiger charge is -2.10. The zero-order chi connectivity index (χ0) is 15.6. The normalized spacial score (nSPS) is 10.2. The molecule has 0 aliphatic heterocycles. The standard InChI is InChI=1S/C15H11BrFNO3/c1-8-2-4-10(17)7-11(8)14(19)18-13-5-3-9(15(20)21)6-12(13)16/h2-7H,1H3,(H,18,19)(H,20,21). The average Bonchev–Trinajstić information content (AvgIpc) is 2.43. The van der Waals surface area contributed by atoms with Crippen molar-refractivity contribution in [3.05, 3.63) is 63.4 Å². The molecule has 0 saturated carbocycles. The number of carbonyl (C=O) groups is 2. The summed E-state index contributed by atoms with van der Waals surface area (Å²) in [5.74, 6) is -2.02. The highest BCUT2D eigenvalue weighted by Crippen LogP contribution is 2.24. The Kier molecular flexibility index (Phi) is 4.37. The lowest BCUT2D eigenvalue weighted by Crippen LogP contribution is -2.14. The van der Waals surface area contributed by atoms with Crippen molar-refractivity contribution in [1.29, 1.82) is 0 Å². The maximum Gasteiger partial charge on any atom is 0.335 e. The van der Waals surface area contributed by atoms with Gasteiger partial charge in [0.1, 0.15) is 5.82 Å². The molecule has 2 aromatic carbocycles. The average molecular weight is 352 g/mol. The molecule has 2 aromatic rings. The molecule has 0 aliphatic rings. The summed E-state index contributed by atoms with van der Waals surface area (Å²) in [7, 11) is 0. The highest BCUT2D eigenvalue weighted by Gasteiger charge is 2.13. The van der Waals surface area contributed by atoms with E-state index < -0.39 is 17.7 Å². The van der Waals surface area contributed by atoms with Crippen LogP contribution in [0.3, 0.4) is 0 Å². The van der Waals surface area contributed by atoms with Gasteiger partial charge in [0, 0.05) is 10.0 Å². The Labute approximate surface area is 128 Å². The first-order valence-electron chi connectivity index (χ1n) is 5.99. The lowest BCUT2D eigenvalue weighted by molar-refractivity contribution is 0.0696. The second-order valence-corrected chi connectivity index (χ2v) is 5.27. The summed E-state index contributed by atoms with van der Waals surface area (Å²) in [5, 5.41) is 11.5. The third kappa shape index (κ3) is 3.46. The number of hydrogen-bond acceptors (Lipinski definition) is 2. The van der Waals surface area contributed by atoms with E-state index >= 15 is 0 Å². The van der Waals surface area contributed by atoms with E-state index in [2.05, 4.69) is 21.2 Å². The third-order valence-electron chi connectivity index (χ3n) is 2.91. The summed E-state index contributed by atoms with van der Waals surface area (Å²) in [5.41, 5.74) is 1.38. The van der Waals surface area contributed by atoms with Gasteiger partial charge in [-0.3, -0.25) is 4.79 Å². The number of hydrogen-bond donors (Lipinski definition) is 2. The maximum absolute atomic E-state index is 13.2. The number of halogens is 2. The second-order valence-electron chi connectivity index (χ2n) is 4.41. The zero-order valence-corrected chi connectivity index (χ0v) is 12.6. The molecule has 0 fully saturated rings. The molecular formula is C15H11BrFNO3. The van der Waals surface area contributed by atoms with Crippen LogP contribution in [-0.2, 0) is 0 Å². The fourth-order valence-electron chi connectivity index (χ4n) is 1.78. The molecular weight excluding hydrogens is 341 g/mol. The van der Waals surface area contributed by atoms with E-state index in [4.69, 9.17) is 5.11 Å². The number of carboxylic acid groups (broad SMARTS) is 1. The molecule has 0 aromatic heterocycles. The Morgan fingerprint density at radius 2 is 1.90 bits per heavy atom. The first kappa shape index (κ1) is 15.2. The van der Waals surface area contributed by atoms with Gasteiger partial charge in [-0.2, -0.15) is 0 Å². The molecule has 0 aliphatic carbocycles. The Bertz CT molecular complexity index is 731. The topological polar surface area (TPSA) is 66.4 Å². The number of rotatable bonds is 3. The van der Waals surface area contributed by atoms with Crippen LogP contribution >= 0.6 is 15.9 Å². The van der Waals surface area contributed by atoms with E-state index in [1.54, 1.807) is 6.92 Å². The van der Waals surface area contributed by atoms with Gasteiger partial charge >= 0.3 is 5.97 Å². The van der Waals surface area contributed by atoms with Crippen LogP contribution < -0.4 is 5.32 Å². The van der Waals surface area contributed by atoms with Crippen LogP contribution in [-0.4, -0.2) is 17.0 Å². The summed E-state index contributed by atoms with van der Waals surface area (Å²) in [6, 6.07) is 8.19. The number of amides is 1. The molecule has 21 heavy (non-hydrogen) atoms. The number of anilines is 1. The van der Waals surface area contributed by atoms with Crippen LogP contribution in [0.15, 0.2) is 40.9 Å². The smallest absolute Gasteiger partial charge is 0.335 e. The van der Waals surface area contributed by atoms with Crippen molar-refractivity contribution in [2.75, 3.05) is 5.32 Å². The van der Waals surface area contributed by atoms with E-state index in [1.807, 2.05) is 0 Å². The van der Waals surface area contributed by atoms with Crippen LogP contribution in [0, 0.1) is 12.7 Å². The van der Waals surface area contributed by atoms with Crippen LogP contribution in [0.4, 0.5) is 10.1 Å². The van der Waals surface area contributed by atoms with Gasteiger partial charge < -0.3 is 10.4 Å². The molecule has 0 radical (unpaired) electrons. The van der Waals surface area contributed by atoms with Crippen LogP contribution in [0.25, 0.3) is 0 Å². The number of benzene rings is 2. The highest BCUT2D eigenvalue weighted by molar-refractivity contribution is 9.10. The predicted octanol–water partition coefficient (Wildman–Crippen LogP) is 3.85. The van der Waals surface area contributed by atoms with Gasteiger partial charge in [-0.1, -0.05) is 6.07 Å². The number of nitrogens with one attached hydrogen (secondary N) is 1. The van der Waals surface area contributed by atoms with Crippen molar-refractivity contribution >= 4 is 33.5 Å². The molecule has 0 saturated heterocycles. The van der Waals surface area contributed by atoms with Crippen molar-refractivity contribution in [3.63, 3.8) is 0 Å². The van der Waals surface area contributed by atoms with Crippen molar-refractivity contribution < 1.29 is 19.1 Å². The van der Waals surface area contributed by atoms with Gasteiger partial charge in [-0.25, -0.2) is 9.18 Å². The molecule has 6 heteroatoms. The van der Waals surface area contributed by atoms with Crippen LogP contribution in [0.1, 0.15) is 26.3 Å². The molecule has 108 valence electrons. The van der Waals surface area contributed by atoms with E-state index in [1.165, 1.54) is 30.3 Å².